The molecule has 2 aromatic carbocycles. The summed E-state index contributed by atoms with van der Waals surface area (Å²) >= 11 is 0. The zero-order valence-electron chi connectivity index (χ0n) is 17.7. The Morgan fingerprint density at radius 1 is 0.897 bits per heavy atom. The third-order valence-electron chi connectivity index (χ3n) is 6.50. The fourth-order valence-electron chi connectivity index (χ4n) is 4.71. The lowest BCUT2D eigenvalue weighted by atomic mass is 9.85. The van der Waals surface area contributed by atoms with Gasteiger partial charge in [-0.2, -0.15) is 0 Å². The summed E-state index contributed by atoms with van der Waals surface area (Å²) in [5, 5.41) is 3.88. The van der Waals surface area contributed by atoms with Crippen molar-refractivity contribution >= 4 is 35.2 Å². The highest BCUT2D eigenvalue weighted by molar-refractivity contribution is 6.88. The van der Waals surface area contributed by atoms with Crippen molar-refractivity contribution in [2.24, 2.45) is 0 Å². The Balaban J connectivity index is 1.58. The van der Waals surface area contributed by atoms with Crippen LogP contribution in [0.5, 0.6) is 0 Å². The highest BCUT2D eigenvalue weighted by atomic mass is 28.3. The van der Waals surface area contributed by atoms with E-state index in [4.69, 9.17) is 9.40 Å². The summed E-state index contributed by atoms with van der Waals surface area (Å²) in [6.45, 7) is 7.17. The summed E-state index contributed by atoms with van der Waals surface area (Å²) in [5.41, 5.74) is 5.40. The number of aromatic nitrogens is 1. The van der Waals surface area contributed by atoms with Gasteiger partial charge in [-0.15, -0.1) is 0 Å². The molecule has 0 aliphatic heterocycles. The van der Waals surface area contributed by atoms with Crippen LogP contribution in [-0.2, 0) is 0 Å². The molecule has 1 aliphatic carbocycles. The van der Waals surface area contributed by atoms with E-state index >= 15 is 0 Å². The smallest absolute Gasteiger partial charge is 0.144 e. The van der Waals surface area contributed by atoms with E-state index in [2.05, 4.69) is 74.4 Å². The van der Waals surface area contributed by atoms with Crippen LogP contribution in [0.4, 0.5) is 0 Å². The standard InChI is InChI=1S/C26H29NOSi/c1-29(2,3)20-13-15-25-23(16-20)21-10-7-11-22(26(21)28-25)24-14-12-19(17-27-24)18-8-5-4-6-9-18/h7,10-18H,4-6,8-9H2,1-3H3. The van der Waals surface area contributed by atoms with Crippen LogP contribution in [0.3, 0.4) is 0 Å². The molecule has 2 heterocycles. The van der Waals surface area contributed by atoms with Crippen molar-refractivity contribution in [2.45, 2.75) is 57.7 Å². The normalized spacial score (nSPS) is 16.0. The maximum absolute atomic E-state index is 6.33. The number of furan rings is 1. The fraction of sp³-hybridized carbons (Fsp3) is 0.346. The van der Waals surface area contributed by atoms with Crippen LogP contribution in [0.1, 0.15) is 43.6 Å². The Morgan fingerprint density at radius 2 is 1.72 bits per heavy atom. The molecule has 0 atom stereocenters. The van der Waals surface area contributed by atoms with Crippen molar-refractivity contribution in [3.63, 3.8) is 0 Å². The van der Waals surface area contributed by atoms with Gasteiger partial charge in [-0.25, -0.2) is 0 Å². The predicted octanol–water partition coefficient (Wildman–Crippen LogP) is 7.24. The number of rotatable bonds is 3. The second kappa shape index (κ2) is 7.14. The second-order valence-electron chi connectivity index (χ2n) is 9.56. The molecule has 1 aliphatic rings. The third kappa shape index (κ3) is 3.42. The zero-order chi connectivity index (χ0) is 20.0. The maximum atomic E-state index is 6.33. The molecule has 0 N–H and O–H groups in total. The van der Waals surface area contributed by atoms with Gasteiger partial charge in [0.15, 0.2) is 0 Å². The Kier molecular flexibility index (Phi) is 4.58. The topological polar surface area (TPSA) is 26.0 Å². The van der Waals surface area contributed by atoms with Gasteiger partial charge in [-0.1, -0.05) is 74.4 Å². The van der Waals surface area contributed by atoms with Crippen molar-refractivity contribution in [1.29, 1.82) is 0 Å². The van der Waals surface area contributed by atoms with Crippen molar-refractivity contribution in [1.82, 2.24) is 4.98 Å². The molecule has 0 unspecified atom stereocenters. The van der Waals surface area contributed by atoms with E-state index in [1.165, 1.54) is 53.6 Å². The van der Waals surface area contributed by atoms with Crippen LogP contribution in [-0.4, -0.2) is 13.1 Å². The van der Waals surface area contributed by atoms with Gasteiger partial charge in [0.2, 0.25) is 0 Å². The number of fused-ring (bicyclic) bond motifs is 3. The van der Waals surface area contributed by atoms with Crippen molar-refractivity contribution in [3.05, 3.63) is 60.3 Å². The van der Waals surface area contributed by atoms with Crippen LogP contribution in [0.25, 0.3) is 33.2 Å². The number of nitrogens with zero attached hydrogens (tertiary/aromatic N) is 1. The maximum Gasteiger partial charge on any atom is 0.144 e. The fourth-order valence-corrected chi connectivity index (χ4v) is 5.87. The minimum Gasteiger partial charge on any atom is -0.455 e. The summed E-state index contributed by atoms with van der Waals surface area (Å²) in [6, 6.07) is 17.6. The molecule has 0 saturated heterocycles. The monoisotopic (exact) mass is 399 g/mol. The highest BCUT2D eigenvalue weighted by Crippen LogP contribution is 2.36. The van der Waals surface area contributed by atoms with Gasteiger partial charge in [-0.05, 0) is 42.5 Å². The Bertz CT molecular complexity index is 1160. The summed E-state index contributed by atoms with van der Waals surface area (Å²) in [5.74, 6) is 0.687. The van der Waals surface area contributed by atoms with E-state index in [0.29, 0.717) is 5.92 Å². The lowest BCUT2D eigenvalue weighted by Crippen LogP contribution is -2.37. The summed E-state index contributed by atoms with van der Waals surface area (Å²) in [6.07, 6.45) is 8.79. The quantitative estimate of drug-likeness (QED) is 0.339. The lowest BCUT2D eigenvalue weighted by Gasteiger charge is -2.21. The second-order valence-corrected chi connectivity index (χ2v) is 14.6. The first-order chi connectivity index (χ1) is 14.0. The number of hydrogen-bond acceptors (Lipinski definition) is 2. The highest BCUT2D eigenvalue weighted by Gasteiger charge is 2.20. The van der Waals surface area contributed by atoms with Gasteiger partial charge in [0.05, 0.1) is 13.8 Å². The number of pyridine rings is 1. The van der Waals surface area contributed by atoms with E-state index < -0.39 is 8.07 Å². The average molecular weight is 400 g/mol. The molecule has 0 spiro atoms. The molecule has 2 nitrogen and oxygen atoms in total. The van der Waals surface area contributed by atoms with Gasteiger partial charge in [0.25, 0.3) is 0 Å². The molecule has 5 rings (SSSR count). The molecule has 1 saturated carbocycles. The Hall–Kier alpha value is -2.39. The molecule has 1 fully saturated rings. The first kappa shape index (κ1) is 18.6. The largest absolute Gasteiger partial charge is 0.455 e. The number of para-hydroxylation sites is 1. The molecular weight excluding hydrogens is 370 g/mol. The van der Waals surface area contributed by atoms with Gasteiger partial charge in [-0.3, -0.25) is 4.98 Å². The average Bonchev–Trinajstić information content (AvgIpc) is 3.12. The van der Waals surface area contributed by atoms with E-state index in [0.717, 1.165) is 22.4 Å². The van der Waals surface area contributed by atoms with Gasteiger partial charge >= 0.3 is 0 Å². The predicted molar refractivity (Wildman–Crippen MR) is 126 cm³/mol. The zero-order valence-corrected chi connectivity index (χ0v) is 18.7. The minimum absolute atomic E-state index is 0.687. The molecule has 2 aromatic heterocycles. The molecule has 3 heteroatoms. The molecule has 29 heavy (non-hydrogen) atoms. The Morgan fingerprint density at radius 3 is 2.45 bits per heavy atom. The van der Waals surface area contributed by atoms with Crippen LogP contribution < -0.4 is 5.19 Å². The first-order valence-electron chi connectivity index (χ1n) is 10.9. The number of hydrogen-bond donors (Lipinski definition) is 0. The van der Waals surface area contributed by atoms with Crippen LogP contribution in [0, 0.1) is 0 Å². The first-order valence-corrected chi connectivity index (χ1v) is 14.4. The Labute approximate surface area is 174 Å². The SMILES string of the molecule is C[Si](C)(C)c1ccc2oc3c(-c4ccc(C5CCCCC5)cn4)cccc3c2c1. The minimum atomic E-state index is -1.37. The van der Waals surface area contributed by atoms with E-state index in [9.17, 15) is 0 Å². The molecule has 4 aromatic rings. The summed E-state index contributed by atoms with van der Waals surface area (Å²) < 4.78 is 6.33. The van der Waals surface area contributed by atoms with Crippen LogP contribution in [0.2, 0.25) is 19.6 Å². The molecular formula is C26H29NOSi. The van der Waals surface area contributed by atoms with E-state index in [1.54, 1.807) is 0 Å². The van der Waals surface area contributed by atoms with Crippen LogP contribution in [0.15, 0.2) is 59.1 Å². The lowest BCUT2D eigenvalue weighted by molar-refractivity contribution is 0.443. The van der Waals surface area contributed by atoms with Gasteiger partial charge in [0, 0.05) is 22.5 Å². The van der Waals surface area contributed by atoms with Gasteiger partial charge < -0.3 is 4.42 Å². The van der Waals surface area contributed by atoms with Crippen molar-refractivity contribution in [2.75, 3.05) is 0 Å². The van der Waals surface area contributed by atoms with Crippen molar-refractivity contribution in [3.8, 4) is 11.3 Å². The van der Waals surface area contributed by atoms with Crippen molar-refractivity contribution < 1.29 is 4.42 Å². The molecule has 148 valence electrons. The summed E-state index contributed by atoms with van der Waals surface area (Å²) in [4.78, 5) is 4.85. The third-order valence-corrected chi connectivity index (χ3v) is 8.54. The van der Waals surface area contributed by atoms with E-state index in [-0.39, 0.29) is 0 Å². The van der Waals surface area contributed by atoms with E-state index in [1.807, 2.05) is 0 Å². The molecule has 0 amide bonds. The summed E-state index contributed by atoms with van der Waals surface area (Å²) in [7, 11) is -1.37. The molecule has 0 bridgehead atoms. The van der Waals surface area contributed by atoms with Gasteiger partial charge in [0.1, 0.15) is 11.2 Å². The van der Waals surface area contributed by atoms with Crippen LogP contribution >= 0.6 is 0 Å². The molecule has 0 radical (unpaired) electrons. The number of benzene rings is 2.